The van der Waals surface area contributed by atoms with Crippen molar-refractivity contribution in [2.45, 2.75) is 56.7 Å². The van der Waals surface area contributed by atoms with Crippen molar-refractivity contribution in [3.05, 3.63) is 24.2 Å². The molecule has 1 aromatic heterocycles. The molecule has 5 heteroatoms. The molecular formula is C19H30N2O2S. The van der Waals surface area contributed by atoms with E-state index in [1.54, 1.807) is 6.26 Å². The second-order valence-corrected chi connectivity index (χ2v) is 8.48. The number of hydrogen-bond donors (Lipinski definition) is 1. The lowest BCUT2D eigenvalue weighted by molar-refractivity contribution is -0.126. The Bertz CT molecular complexity index is 486. The zero-order chi connectivity index (χ0) is 16.6. The number of nitrogens with zero attached hydrogens (tertiary/aromatic N) is 1. The number of piperidine rings is 1. The Balaban J connectivity index is 1.33. The van der Waals surface area contributed by atoms with Gasteiger partial charge < -0.3 is 9.73 Å². The molecule has 0 radical (unpaired) electrons. The summed E-state index contributed by atoms with van der Waals surface area (Å²) in [4.78, 5) is 14.8. The maximum atomic E-state index is 12.4. The molecule has 1 saturated heterocycles. The molecule has 1 saturated carbocycles. The second-order valence-electron chi connectivity index (χ2n) is 7.08. The fourth-order valence-electron chi connectivity index (χ4n) is 3.81. The molecule has 2 aliphatic rings. The summed E-state index contributed by atoms with van der Waals surface area (Å²) in [6, 6.07) is 3.93. The fraction of sp³-hybridized carbons (Fsp3) is 0.737. The van der Waals surface area contributed by atoms with E-state index in [-0.39, 0.29) is 11.8 Å². The van der Waals surface area contributed by atoms with Crippen molar-refractivity contribution in [2.24, 2.45) is 5.92 Å². The van der Waals surface area contributed by atoms with E-state index in [0.29, 0.717) is 0 Å². The summed E-state index contributed by atoms with van der Waals surface area (Å²) in [5, 5.41) is 3.99. The highest BCUT2D eigenvalue weighted by Gasteiger charge is 2.26. The summed E-state index contributed by atoms with van der Waals surface area (Å²) in [6.07, 6.45) is 10.7. The molecule has 0 bridgehead atoms. The molecule has 0 aromatic carbocycles. The van der Waals surface area contributed by atoms with Crippen LogP contribution in [0.5, 0.6) is 0 Å². The van der Waals surface area contributed by atoms with Crippen LogP contribution in [0.4, 0.5) is 0 Å². The van der Waals surface area contributed by atoms with Crippen molar-refractivity contribution in [1.29, 1.82) is 0 Å². The number of amides is 1. The molecule has 1 aromatic rings. The molecule has 1 aliphatic heterocycles. The van der Waals surface area contributed by atoms with Crippen LogP contribution in [0, 0.1) is 5.92 Å². The molecule has 1 amide bonds. The summed E-state index contributed by atoms with van der Waals surface area (Å²) in [5.41, 5.74) is 0. The van der Waals surface area contributed by atoms with Gasteiger partial charge in [0.2, 0.25) is 5.91 Å². The van der Waals surface area contributed by atoms with Crippen LogP contribution in [0.3, 0.4) is 0 Å². The summed E-state index contributed by atoms with van der Waals surface area (Å²) < 4.78 is 5.42. The van der Waals surface area contributed by atoms with Crippen molar-refractivity contribution in [2.75, 3.05) is 25.4 Å². The fourth-order valence-corrected chi connectivity index (χ4v) is 5.03. The quantitative estimate of drug-likeness (QED) is 0.762. The van der Waals surface area contributed by atoms with Crippen molar-refractivity contribution < 1.29 is 9.21 Å². The van der Waals surface area contributed by atoms with Gasteiger partial charge in [0, 0.05) is 24.1 Å². The zero-order valence-corrected chi connectivity index (χ0v) is 15.4. The molecule has 3 rings (SSSR count). The molecule has 1 aliphatic carbocycles. The van der Waals surface area contributed by atoms with Crippen LogP contribution in [0.1, 0.15) is 50.7 Å². The van der Waals surface area contributed by atoms with Gasteiger partial charge >= 0.3 is 0 Å². The highest BCUT2D eigenvalue weighted by molar-refractivity contribution is 7.99. The van der Waals surface area contributed by atoms with Crippen LogP contribution >= 0.6 is 11.8 Å². The van der Waals surface area contributed by atoms with Crippen molar-refractivity contribution >= 4 is 17.7 Å². The van der Waals surface area contributed by atoms with Crippen molar-refractivity contribution in [3.8, 4) is 0 Å². The smallest absolute Gasteiger partial charge is 0.224 e. The predicted octanol–water partition coefficient (Wildman–Crippen LogP) is 3.67. The van der Waals surface area contributed by atoms with Gasteiger partial charge in [0.1, 0.15) is 5.76 Å². The highest BCUT2D eigenvalue weighted by atomic mass is 32.2. The number of nitrogens with one attached hydrogen (secondary N) is 1. The van der Waals surface area contributed by atoms with E-state index < -0.39 is 0 Å². The average molecular weight is 351 g/mol. The van der Waals surface area contributed by atoms with E-state index in [0.717, 1.165) is 55.8 Å². The van der Waals surface area contributed by atoms with Gasteiger partial charge in [0.25, 0.3) is 0 Å². The Hall–Kier alpha value is -0.940. The van der Waals surface area contributed by atoms with Crippen LogP contribution in [-0.4, -0.2) is 41.4 Å². The number of furan rings is 1. The zero-order valence-electron chi connectivity index (χ0n) is 14.5. The van der Waals surface area contributed by atoms with Crippen LogP contribution < -0.4 is 5.32 Å². The molecule has 0 spiro atoms. The molecular weight excluding hydrogens is 320 g/mol. The van der Waals surface area contributed by atoms with Gasteiger partial charge in [-0.05, 0) is 44.4 Å². The Morgan fingerprint density at radius 3 is 2.92 bits per heavy atom. The lowest BCUT2D eigenvalue weighted by atomic mass is 9.97. The number of carbonyl (C=O) groups is 1. The first kappa shape index (κ1) is 17.9. The summed E-state index contributed by atoms with van der Waals surface area (Å²) in [7, 11) is 0. The second kappa shape index (κ2) is 9.52. The van der Waals surface area contributed by atoms with Crippen molar-refractivity contribution in [3.63, 3.8) is 0 Å². The van der Waals surface area contributed by atoms with Crippen LogP contribution in [-0.2, 0) is 11.3 Å². The van der Waals surface area contributed by atoms with E-state index in [1.807, 2.05) is 12.1 Å². The largest absolute Gasteiger partial charge is 0.468 e. The Morgan fingerprint density at radius 2 is 2.12 bits per heavy atom. The number of rotatable bonds is 7. The Kier molecular flexibility index (Phi) is 7.09. The number of hydrogen-bond acceptors (Lipinski definition) is 4. The Morgan fingerprint density at radius 1 is 1.25 bits per heavy atom. The van der Waals surface area contributed by atoms with Crippen LogP contribution in [0.2, 0.25) is 0 Å². The lowest BCUT2D eigenvalue weighted by Gasteiger charge is -2.31. The summed E-state index contributed by atoms with van der Waals surface area (Å²) in [6.45, 7) is 3.54. The first-order valence-corrected chi connectivity index (χ1v) is 10.5. The first-order chi connectivity index (χ1) is 11.8. The van der Waals surface area contributed by atoms with Gasteiger partial charge in [0.15, 0.2) is 0 Å². The van der Waals surface area contributed by atoms with Gasteiger partial charge in [-0.2, -0.15) is 11.8 Å². The van der Waals surface area contributed by atoms with Crippen molar-refractivity contribution in [1.82, 2.24) is 10.2 Å². The van der Waals surface area contributed by atoms with Gasteiger partial charge in [-0.15, -0.1) is 0 Å². The van der Waals surface area contributed by atoms with Gasteiger partial charge in [-0.3, -0.25) is 9.69 Å². The normalized spacial score (nSPS) is 23.2. The average Bonchev–Trinajstić information content (AvgIpc) is 3.13. The maximum absolute atomic E-state index is 12.4. The van der Waals surface area contributed by atoms with Gasteiger partial charge in [-0.25, -0.2) is 0 Å². The highest BCUT2D eigenvalue weighted by Crippen LogP contribution is 2.27. The minimum atomic E-state index is 0.133. The molecule has 0 unspecified atom stereocenters. The third kappa shape index (κ3) is 5.55. The van der Waals surface area contributed by atoms with Crippen LogP contribution in [0.15, 0.2) is 22.8 Å². The summed E-state index contributed by atoms with van der Waals surface area (Å²) in [5.74, 6) is 2.41. The number of likely N-dealkylation sites (tertiary alicyclic amines) is 1. The lowest BCUT2D eigenvalue weighted by Crippen LogP contribution is -2.43. The predicted molar refractivity (Wildman–Crippen MR) is 99.0 cm³/mol. The standard InChI is InChI=1S/C19H30N2O2S/c22-19(20-10-13-24-18-8-2-1-3-9-18)16-6-4-11-21(14-16)15-17-7-5-12-23-17/h5,7,12,16,18H,1-4,6,8-11,13-15H2,(H,20,22)/t16-/m0/s1. The topological polar surface area (TPSA) is 45.5 Å². The molecule has 134 valence electrons. The Labute approximate surface area is 149 Å². The minimum Gasteiger partial charge on any atom is -0.468 e. The molecule has 1 N–H and O–H groups in total. The number of carbonyl (C=O) groups excluding carboxylic acids is 1. The van der Waals surface area contributed by atoms with Crippen LogP contribution in [0.25, 0.3) is 0 Å². The van der Waals surface area contributed by atoms with E-state index >= 15 is 0 Å². The maximum Gasteiger partial charge on any atom is 0.224 e. The third-order valence-corrected chi connectivity index (χ3v) is 6.53. The number of thioether (sulfide) groups is 1. The molecule has 1 atom stereocenters. The molecule has 4 nitrogen and oxygen atoms in total. The van der Waals surface area contributed by atoms with E-state index in [9.17, 15) is 4.79 Å². The van der Waals surface area contributed by atoms with E-state index in [1.165, 1.54) is 32.1 Å². The molecule has 2 heterocycles. The third-order valence-electron chi connectivity index (χ3n) is 5.14. The SMILES string of the molecule is O=C(NCCSC1CCCCC1)[C@H]1CCCN(Cc2ccco2)C1. The van der Waals surface area contributed by atoms with Gasteiger partial charge in [-0.1, -0.05) is 19.3 Å². The minimum absolute atomic E-state index is 0.133. The van der Waals surface area contributed by atoms with Gasteiger partial charge in [0.05, 0.1) is 18.7 Å². The molecule has 24 heavy (non-hydrogen) atoms. The van der Waals surface area contributed by atoms with E-state index in [2.05, 4.69) is 22.0 Å². The molecule has 2 fully saturated rings. The van der Waals surface area contributed by atoms with E-state index in [4.69, 9.17) is 4.42 Å². The first-order valence-electron chi connectivity index (χ1n) is 9.45. The summed E-state index contributed by atoms with van der Waals surface area (Å²) >= 11 is 2.05. The monoisotopic (exact) mass is 350 g/mol.